The van der Waals surface area contributed by atoms with E-state index in [1.54, 1.807) is 42.5 Å². The highest BCUT2D eigenvalue weighted by molar-refractivity contribution is 7.92. The third-order valence-electron chi connectivity index (χ3n) is 4.35. The highest BCUT2D eigenvalue weighted by atomic mass is 32.2. The minimum absolute atomic E-state index is 0.128. The summed E-state index contributed by atoms with van der Waals surface area (Å²) >= 11 is 0. The van der Waals surface area contributed by atoms with Crippen LogP contribution in [0.25, 0.3) is 0 Å². The number of nitrogens with zero attached hydrogens (tertiary/aromatic N) is 1. The van der Waals surface area contributed by atoms with Crippen molar-refractivity contribution in [3.8, 4) is 17.2 Å². The number of sulfonamides is 1. The fourth-order valence-electron chi connectivity index (χ4n) is 2.98. The molecule has 0 fully saturated rings. The molecule has 0 aromatic heterocycles. The molecule has 28 heavy (non-hydrogen) atoms. The first kappa shape index (κ1) is 19.8. The van der Waals surface area contributed by atoms with Gasteiger partial charge in [-0.3, -0.25) is 9.10 Å². The Balaban J connectivity index is 1.87. The lowest BCUT2D eigenvalue weighted by Gasteiger charge is -2.20. The molecule has 3 rings (SSSR count). The third kappa shape index (κ3) is 4.14. The molecule has 2 aromatic rings. The Kier molecular flexibility index (Phi) is 5.64. The van der Waals surface area contributed by atoms with Gasteiger partial charge in [0.25, 0.3) is 5.91 Å². The summed E-state index contributed by atoms with van der Waals surface area (Å²) in [5, 5.41) is 2.78. The molecular weight excluding hydrogens is 384 g/mol. The molecule has 150 valence electrons. The van der Waals surface area contributed by atoms with Crippen LogP contribution in [0.2, 0.25) is 0 Å². The Morgan fingerprint density at radius 3 is 2.61 bits per heavy atom. The largest absolute Gasteiger partial charge is 0.497 e. The number of benzene rings is 2. The van der Waals surface area contributed by atoms with Gasteiger partial charge in [0.05, 0.1) is 31.9 Å². The van der Waals surface area contributed by atoms with Gasteiger partial charge in [-0.1, -0.05) is 12.1 Å². The second-order valence-corrected chi connectivity index (χ2v) is 8.16. The third-order valence-corrected chi connectivity index (χ3v) is 5.53. The average Bonchev–Trinajstić information content (AvgIpc) is 2.87. The first-order valence-electron chi connectivity index (χ1n) is 8.59. The maximum atomic E-state index is 12.9. The molecule has 1 amide bonds. The van der Waals surface area contributed by atoms with Crippen LogP contribution < -0.4 is 23.8 Å². The normalized spacial score (nSPS) is 16.4. The molecule has 0 radical (unpaired) electrons. The number of fused-ring (bicyclic) bond motifs is 1. The van der Waals surface area contributed by atoms with Gasteiger partial charge < -0.3 is 19.5 Å². The van der Waals surface area contributed by atoms with Gasteiger partial charge in [0, 0.05) is 19.0 Å². The number of anilines is 2. The number of carbonyl (C=O) groups excluding carboxylic acids is 1. The van der Waals surface area contributed by atoms with Crippen molar-refractivity contribution in [2.45, 2.75) is 12.5 Å². The van der Waals surface area contributed by atoms with Crippen molar-refractivity contribution in [3.63, 3.8) is 0 Å². The SMILES string of the molecule is COc1ccc(OC)c(NC(=O)C2CCN(S(C)(=O)=O)c3ccccc3O2)c1. The second kappa shape index (κ2) is 7.97. The smallest absolute Gasteiger partial charge is 0.265 e. The first-order chi connectivity index (χ1) is 13.3. The molecule has 8 nitrogen and oxygen atoms in total. The van der Waals surface area contributed by atoms with Crippen LogP contribution in [-0.4, -0.2) is 47.4 Å². The van der Waals surface area contributed by atoms with E-state index in [-0.39, 0.29) is 13.0 Å². The molecule has 1 atom stereocenters. The van der Waals surface area contributed by atoms with Crippen molar-refractivity contribution in [1.29, 1.82) is 0 Å². The van der Waals surface area contributed by atoms with Crippen molar-refractivity contribution < 1.29 is 27.4 Å². The zero-order valence-corrected chi connectivity index (χ0v) is 16.7. The van der Waals surface area contributed by atoms with Gasteiger partial charge in [-0.15, -0.1) is 0 Å². The van der Waals surface area contributed by atoms with Gasteiger partial charge in [-0.2, -0.15) is 0 Å². The Labute approximate surface area is 164 Å². The minimum atomic E-state index is -3.51. The summed E-state index contributed by atoms with van der Waals surface area (Å²) in [5.74, 6) is 0.965. The molecule has 2 aromatic carbocycles. The van der Waals surface area contributed by atoms with Crippen LogP contribution in [0, 0.1) is 0 Å². The number of amides is 1. The molecule has 0 aliphatic carbocycles. The zero-order chi connectivity index (χ0) is 20.3. The summed E-state index contributed by atoms with van der Waals surface area (Å²) in [5.41, 5.74) is 0.854. The predicted molar refractivity (Wildman–Crippen MR) is 106 cm³/mol. The van der Waals surface area contributed by atoms with E-state index < -0.39 is 22.0 Å². The Hall–Kier alpha value is -2.94. The average molecular weight is 406 g/mol. The zero-order valence-electron chi connectivity index (χ0n) is 15.8. The highest BCUT2D eigenvalue weighted by Gasteiger charge is 2.31. The number of ether oxygens (including phenoxy) is 3. The van der Waals surface area contributed by atoms with E-state index in [0.717, 1.165) is 6.26 Å². The first-order valence-corrected chi connectivity index (χ1v) is 10.4. The van der Waals surface area contributed by atoms with Crippen LogP contribution in [0.4, 0.5) is 11.4 Å². The van der Waals surface area contributed by atoms with Crippen molar-refractivity contribution >= 4 is 27.3 Å². The minimum Gasteiger partial charge on any atom is -0.497 e. The number of hydrogen-bond acceptors (Lipinski definition) is 6. The lowest BCUT2D eigenvalue weighted by atomic mass is 10.2. The maximum absolute atomic E-state index is 12.9. The fraction of sp³-hybridized carbons (Fsp3) is 0.316. The summed E-state index contributed by atoms with van der Waals surface area (Å²) in [6.45, 7) is 0.128. The van der Waals surface area contributed by atoms with Gasteiger partial charge in [0.15, 0.2) is 6.10 Å². The van der Waals surface area contributed by atoms with Crippen molar-refractivity contribution in [2.24, 2.45) is 0 Å². The second-order valence-electron chi connectivity index (χ2n) is 6.25. The topological polar surface area (TPSA) is 94.2 Å². The monoisotopic (exact) mass is 406 g/mol. The molecule has 1 aliphatic heterocycles. The molecule has 1 heterocycles. The maximum Gasteiger partial charge on any atom is 0.265 e. The van der Waals surface area contributed by atoms with Crippen LogP contribution in [0.3, 0.4) is 0 Å². The number of carbonyl (C=O) groups is 1. The van der Waals surface area contributed by atoms with Crippen molar-refractivity contribution in [3.05, 3.63) is 42.5 Å². The van der Waals surface area contributed by atoms with Gasteiger partial charge >= 0.3 is 0 Å². The number of hydrogen-bond donors (Lipinski definition) is 1. The molecule has 1 unspecified atom stereocenters. The quantitative estimate of drug-likeness (QED) is 0.819. The molecule has 1 N–H and O–H groups in total. The number of methoxy groups -OCH3 is 2. The lowest BCUT2D eigenvalue weighted by Crippen LogP contribution is -2.36. The Morgan fingerprint density at radius 2 is 1.93 bits per heavy atom. The Morgan fingerprint density at radius 1 is 1.18 bits per heavy atom. The molecular formula is C19H22N2O6S. The van der Waals surface area contributed by atoms with Gasteiger partial charge in [-0.05, 0) is 24.3 Å². The summed E-state index contributed by atoms with van der Waals surface area (Å²) in [6.07, 6.45) is 0.453. The van der Waals surface area contributed by atoms with Crippen LogP contribution in [0.5, 0.6) is 17.2 Å². The molecule has 0 spiro atoms. The van der Waals surface area contributed by atoms with E-state index in [1.165, 1.54) is 18.5 Å². The van der Waals surface area contributed by atoms with E-state index in [4.69, 9.17) is 14.2 Å². The number of nitrogens with one attached hydrogen (secondary N) is 1. The van der Waals surface area contributed by atoms with Crippen LogP contribution in [0.15, 0.2) is 42.5 Å². The molecule has 0 saturated heterocycles. The van der Waals surface area contributed by atoms with Crippen LogP contribution in [-0.2, 0) is 14.8 Å². The lowest BCUT2D eigenvalue weighted by molar-refractivity contribution is -0.122. The molecule has 0 bridgehead atoms. The number of rotatable bonds is 5. The summed E-state index contributed by atoms with van der Waals surface area (Å²) < 4.78 is 41.9. The molecule has 0 saturated carbocycles. The van der Waals surface area contributed by atoms with Gasteiger partial charge in [0.2, 0.25) is 10.0 Å². The number of para-hydroxylation sites is 2. The van der Waals surface area contributed by atoms with Crippen LogP contribution >= 0.6 is 0 Å². The fourth-order valence-corrected chi connectivity index (χ4v) is 3.93. The van der Waals surface area contributed by atoms with Gasteiger partial charge in [-0.25, -0.2) is 8.42 Å². The van der Waals surface area contributed by atoms with E-state index in [9.17, 15) is 13.2 Å². The molecule has 1 aliphatic rings. The highest BCUT2D eigenvalue weighted by Crippen LogP contribution is 2.34. The van der Waals surface area contributed by atoms with Crippen molar-refractivity contribution in [2.75, 3.05) is 36.6 Å². The van der Waals surface area contributed by atoms with E-state index in [0.29, 0.717) is 28.6 Å². The standard InChI is InChI=1S/C19H22N2O6S/c1-25-13-8-9-16(26-2)14(12-13)20-19(22)18-10-11-21(28(3,23)24)15-6-4-5-7-17(15)27-18/h4-9,12,18H,10-11H2,1-3H3,(H,20,22). The van der Waals surface area contributed by atoms with E-state index in [1.807, 2.05) is 0 Å². The summed E-state index contributed by atoms with van der Waals surface area (Å²) in [4.78, 5) is 12.9. The van der Waals surface area contributed by atoms with E-state index in [2.05, 4.69) is 5.32 Å². The van der Waals surface area contributed by atoms with Gasteiger partial charge in [0.1, 0.15) is 17.2 Å². The van der Waals surface area contributed by atoms with E-state index >= 15 is 0 Å². The summed E-state index contributed by atoms with van der Waals surface area (Å²) in [7, 11) is -0.479. The Bertz CT molecular complexity index is 976. The summed E-state index contributed by atoms with van der Waals surface area (Å²) in [6, 6.07) is 11.8. The predicted octanol–water partition coefficient (Wildman–Crippen LogP) is 2.26. The molecule has 9 heteroatoms. The van der Waals surface area contributed by atoms with Crippen molar-refractivity contribution in [1.82, 2.24) is 0 Å². The van der Waals surface area contributed by atoms with Crippen LogP contribution in [0.1, 0.15) is 6.42 Å².